The number of hydrogen-bond donors (Lipinski definition) is 1. The summed E-state index contributed by atoms with van der Waals surface area (Å²) in [6, 6.07) is 3.94. The van der Waals surface area contributed by atoms with Gasteiger partial charge in [-0.05, 0) is 27.0 Å². The summed E-state index contributed by atoms with van der Waals surface area (Å²) in [5.41, 5.74) is 2.66. The highest BCUT2D eigenvalue weighted by molar-refractivity contribution is 5.98. The van der Waals surface area contributed by atoms with Crippen LogP contribution in [0.3, 0.4) is 0 Å². The van der Waals surface area contributed by atoms with Gasteiger partial charge in [-0.1, -0.05) is 0 Å². The second-order valence-corrected chi connectivity index (χ2v) is 4.06. The maximum absolute atomic E-state index is 11.9. The molecule has 0 saturated carbocycles. The molecule has 4 nitrogen and oxygen atoms in total. The number of likely N-dealkylation sites (N-methyl/N-ethyl adjacent to an activating group) is 1. The highest BCUT2D eigenvalue weighted by Gasteiger charge is 2.13. The lowest BCUT2D eigenvalue weighted by Gasteiger charge is -2.13. The minimum atomic E-state index is 0.0993. The van der Waals surface area contributed by atoms with Crippen LogP contribution in [0.4, 0.5) is 0 Å². The number of nitriles is 1. The van der Waals surface area contributed by atoms with Crippen molar-refractivity contribution in [2.24, 2.45) is 0 Å². The quantitative estimate of drug-likeness (QED) is 0.766. The van der Waals surface area contributed by atoms with E-state index in [-0.39, 0.29) is 5.78 Å². The Hall–Kier alpha value is -1.60. The molecule has 0 aliphatic rings. The van der Waals surface area contributed by atoms with Crippen LogP contribution in [0.2, 0.25) is 0 Å². The van der Waals surface area contributed by atoms with E-state index in [0.717, 1.165) is 17.0 Å². The number of nitrogens with one attached hydrogen (secondary N) is 1. The predicted octanol–water partition coefficient (Wildman–Crippen LogP) is 1.66. The molecule has 1 aromatic rings. The second-order valence-electron chi connectivity index (χ2n) is 4.06. The minimum absolute atomic E-state index is 0.0993. The van der Waals surface area contributed by atoms with Crippen molar-refractivity contribution in [1.82, 2.24) is 9.88 Å². The van der Waals surface area contributed by atoms with Gasteiger partial charge in [-0.25, -0.2) is 0 Å². The number of carbonyl (C=O) groups excluding carboxylic acids is 1. The van der Waals surface area contributed by atoms with E-state index in [9.17, 15) is 4.79 Å². The molecule has 0 radical (unpaired) electrons. The van der Waals surface area contributed by atoms with Crippen LogP contribution in [0.1, 0.15) is 28.2 Å². The smallest absolute Gasteiger partial charge is 0.178 e. The Morgan fingerprint density at radius 2 is 2.25 bits per heavy atom. The molecule has 1 rings (SSSR count). The molecule has 86 valence electrons. The highest BCUT2D eigenvalue weighted by Crippen LogP contribution is 2.10. The fourth-order valence-electron chi connectivity index (χ4n) is 1.66. The van der Waals surface area contributed by atoms with E-state index in [1.807, 2.05) is 31.9 Å². The van der Waals surface area contributed by atoms with Gasteiger partial charge >= 0.3 is 0 Å². The lowest BCUT2D eigenvalue weighted by molar-refractivity contribution is 0.0947. The number of ketones is 1. The van der Waals surface area contributed by atoms with Gasteiger partial charge < -0.3 is 4.98 Å². The number of nitrogens with zero attached hydrogens (tertiary/aromatic N) is 2. The zero-order chi connectivity index (χ0) is 12.1. The number of aromatic amines is 1. The monoisotopic (exact) mass is 219 g/mol. The van der Waals surface area contributed by atoms with E-state index in [4.69, 9.17) is 5.26 Å². The van der Waals surface area contributed by atoms with Gasteiger partial charge in [-0.3, -0.25) is 9.69 Å². The normalized spacial score (nSPS) is 10.4. The summed E-state index contributed by atoms with van der Waals surface area (Å²) in [6.07, 6.45) is 0.453. The number of rotatable bonds is 5. The summed E-state index contributed by atoms with van der Waals surface area (Å²) < 4.78 is 0. The summed E-state index contributed by atoms with van der Waals surface area (Å²) in [6.45, 7) is 4.82. The van der Waals surface area contributed by atoms with E-state index in [1.54, 1.807) is 0 Å². The summed E-state index contributed by atoms with van der Waals surface area (Å²) in [5, 5.41) is 8.45. The van der Waals surface area contributed by atoms with Gasteiger partial charge in [0.1, 0.15) is 0 Å². The highest BCUT2D eigenvalue weighted by atomic mass is 16.1. The summed E-state index contributed by atoms with van der Waals surface area (Å²) in [4.78, 5) is 16.9. The molecule has 4 heteroatoms. The topological polar surface area (TPSA) is 59.9 Å². The molecule has 0 atom stereocenters. The Morgan fingerprint density at radius 3 is 2.75 bits per heavy atom. The molecule has 1 N–H and O–H groups in total. The number of aromatic nitrogens is 1. The average molecular weight is 219 g/mol. The van der Waals surface area contributed by atoms with E-state index in [0.29, 0.717) is 19.5 Å². The van der Waals surface area contributed by atoms with Crippen molar-refractivity contribution in [3.8, 4) is 6.07 Å². The zero-order valence-electron chi connectivity index (χ0n) is 10.0. The molecule has 0 unspecified atom stereocenters. The van der Waals surface area contributed by atoms with Crippen LogP contribution in [-0.2, 0) is 0 Å². The maximum atomic E-state index is 11.9. The third kappa shape index (κ3) is 3.21. The van der Waals surface area contributed by atoms with Gasteiger partial charge in [0.2, 0.25) is 0 Å². The standard InChI is InChI=1S/C12H17N3O/c1-9-7-11(10(2)14-9)12(16)8-15(3)6-4-5-13/h7,14H,4,6,8H2,1-3H3. The first-order chi connectivity index (χ1) is 7.54. The lowest BCUT2D eigenvalue weighted by Crippen LogP contribution is -2.27. The van der Waals surface area contributed by atoms with Crippen LogP contribution in [0, 0.1) is 25.2 Å². The lowest BCUT2D eigenvalue weighted by atomic mass is 10.1. The molecular weight excluding hydrogens is 202 g/mol. The van der Waals surface area contributed by atoms with Gasteiger partial charge in [0, 0.05) is 29.9 Å². The fraction of sp³-hybridized carbons (Fsp3) is 0.500. The Kier molecular flexibility index (Phi) is 4.27. The Balaban J connectivity index is 2.59. The molecule has 1 heterocycles. The van der Waals surface area contributed by atoms with Gasteiger partial charge in [0.15, 0.2) is 5.78 Å². The molecule has 0 aliphatic carbocycles. The van der Waals surface area contributed by atoms with Crippen LogP contribution in [0.25, 0.3) is 0 Å². The number of carbonyl (C=O) groups is 1. The summed E-state index contributed by atoms with van der Waals surface area (Å²) in [5.74, 6) is 0.0993. The van der Waals surface area contributed by atoms with Crippen molar-refractivity contribution in [3.05, 3.63) is 23.0 Å². The average Bonchev–Trinajstić information content (AvgIpc) is 2.54. The first-order valence-corrected chi connectivity index (χ1v) is 5.29. The molecule has 0 fully saturated rings. The van der Waals surface area contributed by atoms with Gasteiger partial charge in [0.25, 0.3) is 0 Å². The third-order valence-electron chi connectivity index (χ3n) is 2.47. The van der Waals surface area contributed by atoms with Crippen molar-refractivity contribution < 1.29 is 4.79 Å². The van der Waals surface area contributed by atoms with Crippen molar-refractivity contribution >= 4 is 5.78 Å². The number of Topliss-reactive ketones (excluding diaryl/α,β-unsaturated/α-hetero) is 1. The molecule has 0 aromatic carbocycles. The number of hydrogen-bond acceptors (Lipinski definition) is 3. The van der Waals surface area contributed by atoms with Crippen LogP contribution in [0.5, 0.6) is 0 Å². The van der Waals surface area contributed by atoms with Crippen LogP contribution in [-0.4, -0.2) is 35.8 Å². The van der Waals surface area contributed by atoms with E-state index < -0.39 is 0 Å². The molecule has 0 bridgehead atoms. The number of H-pyrrole nitrogens is 1. The van der Waals surface area contributed by atoms with E-state index in [1.165, 1.54) is 0 Å². The second kappa shape index (κ2) is 5.47. The van der Waals surface area contributed by atoms with E-state index >= 15 is 0 Å². The van der Waals surface area contributed by atoms with E-state index in [2.05, 4.69) is 11.1 Å². The van der Waals surface area contributed by atoms with Crippen molar-refractivity contribution in [2.45, 2.75) is 20.3 Å². The Morgan fingerprint density at radius 1 is 1.56 bits per heavy atom. The fourth-order valence-corrected chi connectivity index (χ4v) is 1.66. The van der Waals surface area contributed by atoms with Crippen molar-refractivity contribution in [2.75, 3.05) is 20.1 Å². The van der Waals surface area contributed by atoms with Gasteiger partial charge in [-0.15, -0.1) is 0 Å². The van der Waals surface area contributed by atoms with Crippen LogP contribution < -0.4 is 0 Å². The Labute approximate surface area is 95.9 Å². The van der Waals surface area contributed by atoms with Crippen LogP contribution in [0.15, 0.2) is 6.07 Å². The number of aryl methyl sites for hydroxylation is 2. The molecule has 0 amide bonds. The van der Waals surface area contributed by atoms with Crippen molar-refractivity contribution in [3.63, 3.8) is 0 Å². The van der Waals surface area contributed by atoms with Crippen LogP contribution >= 0.6 is 0 Å². The summed E-state index contributed by atoms with van der Waals surface area (Å²) >= 11 is 0. The summed E-state index contributed by atoms with van der Waals surface area (Å²) in [7, 11) is 1.85. The Bertz CT molecular complexity index is 414. The molecule has 0 aliphatic heterocycles. The first-order valence-electron chi connectivity index (χ1n) is 5.29. The SMILES string of the molecule is Cc1cc(C(=O)CN(C)CCC#N)c(C)[nH]1. The maximum Gasteiger partial charge on any atom is 0.178 e. The van der Waals surface area contributed by atoms with Gasteiger partial charge in [-0.2, -0.15) is 5.26 Å². The van der Waals surface area contributed by atoms with Gasteiger partial charge in [0.05, 0.1) is 12.6 Å². The third-order valence-corrected chi connectivity index (χ3v) is 2.47. The molecular formula is C12H17N3O. The molecule has 16 heavy (non-hydrogen) atoms. The molecule has 0 spiro atoms. The minimum Gasteiger partial charge on any atom is -0.362 e. The predicted molar refractivity (Wildman–Crippen MR) is 62.3 cm³/mol. The molecule has 1 aromatic heterocycles. The zero-order valence-corrected chi connectivity index (χ0v) is 10.0. The van der Waals surface area contributed by atoms with Crippen molar-refractivity contribution in [1.29, 1.82) is 5.26 Å². The molecule has 0 saturated heterocycles. The largest absolute Gasteiger partial charge is 0.362 e. The first kappa shape index (κ1) is 12.5.